The minimum absolute atomic E-state index is 0.192. The molecule has 1 aliphatic heterocycles. The van der Waals surface area contributed by atoms with Gasteiger partial charge in [0.15, 0.2) is 0 Å². The van der Waals surface area contributed by atoms with Gasteiger partial charge in [-0.1, -0.05) is 0 Å². The van der Waals surface area contributed by atoms with E-state index in [0.717, 1.165) is 24.1 Å². The molecule has 0 aromatic heterocycles. The lowest BCUT2D eigenvalue weighted by Crippen LogP contribution is -2.37. The fourth-order valence-electron chi connectivity index (χ4n) is 1.77. The van der Waals surface area contributed by atoms with Gasteiger partial charge in [-0.05, 0) is 43.2 Å². The highest BCUT2D eigenvalue weighted by molar-refractivity contribution is 6.46. The maximum atomic E-state index is 11.1. The highest BCUT2D eigenvalue weighted by Gasteiger charge is 2.25. The van der Waals surface area contributed by atoms with E-state index in [-0.39, 0.29) is 11.8 Å². The van der Waals surface area contributed by atoms with Gasteiger partial charge in [0.2, 0.25) is 11.6 Å². The Hall–Kier alpha value is -1.22. The van der Waals surface area contributed by atoms with Crippen LogP contribution in [0.15, 0.2) is 23.3 Å². The fraction of sp³-hybridized carbons (Fsp3) is 0.400. The molecule has 0 saturated carbocycles. The van der Waals surface area contributed by atoms with Gasteiger partial charge in [0.1, 0.15) is 0 Å². The predicted octanol–water partition coefficient (Wildman–Crippen LogP) is 0.373. The molecule has 0 spiro atoms. The van der Waals surface area contributed by atoms with E-state index in [0.29, 0.717) is 0 Å². The Morgan fingerprint density at radius 2 is 2.00 bits per heavy atom. The summed E-state index contributed by atoms with van der Waals surface area (Å²) in [6.07, 6.45) is 3.79. The van der Waals surface area contributed by atoms with Crippen molar-refractivity contribution in [2.45, 2.75) is 19.4 Å². The van der Waals surface area contributed by atoms with E-state index in [1.54, 1.807) is 0 Å². The number of ketones is 2. The van der Waals surface area contributed by atoms with Crippen LogP contribution in [0.1, 0.15) is 13.3 Å². The lowest BCUT2D eigenvalue weighted by Gasteiger charge is -2.27. The molecule has 0 radical (unpaired) electrons. The molecule has 13 heavy (non-hydrogen) atoms. The average Bonchev–Trinajstić information content (AvgIpc) is 2.09. The molecular formula is C10H11NO2. The summed E-state index contributed by atoms with van der Waals surface area (Å²) in [5.41, 5.74) is 2.01. The lowest BCUT2D eigenvalue weighted by atomic mass is 9.87. The third-order valence-corrected chi connectivity index (χ3v) is 2.52. The Labute approximate surface area is 76.5 Å². The van der Waals surface area contributed by atoms with E-state index in [2.05, 4.69) is 5.32 Å². The third-order valence-electron chi connectivity index (χ3n) is 2.52. The largest absolute Gasteiger partial charge is 0.310 e. The molecule has 1 atom stereocenters. The average molecular weight is 177 g/mol. The van der Waals surface area contributed by atoms with Gasteiger partial charge < -0.3 is 5.32 Å². The number of hydrogen-bond donors (Lipinski definition) is 1. The van der Waals surface area contributed by atoms with Crippen LogP contribution in [0.2, 0.25) is 0 Å². The topological polar surface area (TPSA) is 46.2 Å². The monoisotopic (exact) mass is 177 g/mol. The van der Waals surface area contributed by atoms with Crippen LogP contribution in [0.3, 0.4) is 0 Å². The number of carbonyl (C=O) groups excluding carboxylic acids is 2. The Bertz CT molecular complexity index is 339. The molecule has 3 nitrogen and oxygen atoms in total. The Morgan fingerprint density at radius 3 is 2.77 bits per heavy atom. The van der Waals surface area contributed by atoms with Gasteiger partial charge in [-0.15, -0.1) is 0 Å². The van der Waals surface area contributed by atoms with Crippen molar-refractivity contribution >= 4 is 11.6 Å². The highest BCUT2D eigenvalue weighted by Crippen LogP contribution is 2.24. The summed E-state index contributed by atoms with van der Waals surface area (Å²) < 4.78 is 0. The van der Waals surface area contributed by atoms with Gasteiger partial charge in [0.05, 0.1) is 0 Å². The van der Waals surface area contributed by atoms with Crippen LogP contribution in [-0.2, 0) is 9.59 Å². The van der Waals surface area contributed by atoms with Crippen LogP contribution in [0.5, 0.6) is 0 Å². The number of fused-ring (bicyclic) bond motifs is 1. The van der Waals surface area contributed by atoms with Gasteiger partial charge in [-0.2, -0.15) is 0 Å². The molecule has 2 aliphatic rings. The molecular weight excluding hydrogens is 166 g/mol. The molecule has 2 rings (SSSR count). The van der Waals surface area contributed by atoms with Crippen LogP contribution in [0.25, 0.3) is 0 Å². The minimum atomic E-state index is -0.394. The normalized spacial score (nSPS) is 27.9. The summed E-state index contributed by atoms with van der Waals surface area (Å²) in [4.78, 5) is 22.2. The first-order valence-corrected chi connectivity index (χ1v) is 4.42. The standard InChI is InChI=1S/C10H11NO2/c1-6-8-5-10(13)9(12)4-7(8)2-3-11-6/h4-6,11H,2-3H2,1H3. The second kappa shape index (κ2) is 2.92. The van der Waals surface area contributed by atoms with Crippen LogP contribution < -0.4 is 5.32 Å². The molecule has 0 aromatic carbocycles. The van der Waals surface area contributed by atoms with Crippen molar-refractivity contribution in [3.63, 3.8) is 0 Å². The molecule has 0 bridgehead atoms. The Morgan fingerprint density at radius 1 is 1.31 bits per heavy atom. The van der Waals surface area contributed by atoms with Crippen molar-refractivity contribution < 1.29 is 9.59 Å². The van der Waals surface area contributed by atoms with Gasteiger partial charge in [-0.3, -0.25) is 9.59 Å². The fourth-order valence-corrected chi connectivity index (χ4v) is 1.77. The van der Waals surface area contributed by atoms with Crippen molar-refractivity contribution in [2.75, 3.05) is 6.54 Å². The number of carbonyl (C=O) groups is 2. The van der Waals surface area contributed by atoms with E-state index in [1.807, 2.05) is 6.92 Å². The number of rotatable bonds is 0. The molecule has 1 N–H and O–H groups in total. The van der Waals surface area contributed by atoms with Crippen molar-refractivity contribution in [1.82, 2.24) is 5.32 Å². The van der Waals surface area contributed by atoms with Gasteiger partial charge in [0.25, 0.3) is 0 Å². The first-order chi connectivity index (χ1) is 6.18. The summed E-state index contributed by atoms with van der Waals surface area (Å²) in [6.45, 7) is 2.88. The van der Waals surface area contributed by atoms with E-state index in [4.69, 9.17) is 0 Å². The zero-order chi connectivity index (χ0) is 9.42. The van der Waals surface area contributed by atoms with Crippen molar-refractivity contribution in [3.05, 3.63) is 23.3 Å². The van der Waals surface area contributed by atoms with E-state index < -0.39 is 5.78 Å². The third kappa shape index (κ3) is 1.35. The number of allylic oxidation sites excluding steroid dienone is 2. The summed E-state index contributed by atoms with van der Waals surface area (Å²) >= 11 is 0. The summed E-state index contributed by atoms with van der Waals surface area (Å²) in [5, 5.41) is 3.24. The predicted molar refractivity (Wildman–Crippen MR) is 48.3 cm³/mol. The molecule has 1 fully saturated rings. The van der Waals surface area contributed by atoms with Crippen LogP contribution in [-0.4, -0.2) is 24.2 Å². The molecule has 3 heteroatoms. The molecule has 1 aliphatic carbocycles. The second-order valence-corrected chi connectivity index (χ2v) is 3.42. The van der Waals surface area contributed by atoms with Crippen molar-refractivity contribution in [1.29, 1.82) is 0 Å². The van der Waals surface area contributed by atoms with Crippen LogP contribution in [0.4, 0.5) is 0 Å². The minimum Gasteiger partial charge on any atom is -0.310 e. The Balaban J connectivity index is 2.39. The molecule has 1 saturated heterocycles. The highest BCUT2D eigenvalue weighted by atomic mass is 16.2. The SMILES string of the molecule is CC1NCCC2=CC(=O)C(=O)C=C21. The van der Waals surface area contributed by atoms with Gasteiger partial charge in [0, 0.05) is 6.04 Å². The summed E-state index contributed by atoms with van der Waals surface area (Å²) in [7, 11) is 0. The summed E-state index contributed by atoms with van der Waals surface area (Å²) in [6, 6.07) is 0.192. The van der Waals surface area contributed by atoms with Crippen LogP contribution in [0, 0.1) is 0 Å². The molecule has 68 valence electrons. The van der Waals surface area contributed by atoms with Crippen LogP contribution >= 0.6 is 0 Å². The summed E-state index contributed by atoms with van der Waals surface area (Å²) in [5.74, 6) is -0.776. The lowest BCUT2D eigenvalue weighted by molar-refractivity contribution is -0.131. The number of nitrogens with one attached hydrogen (secondary N) is 1. The molecule has 0 amide bonds. The first kappa shape index (κ1) is 8.38. The number of hydrogen-bond acceptors (Lipinski definition) is 3. The molecule has 1 heterocycles. The van der Waals surface area contributed by atoms with Gasteiger partial charge >= 0.3 is 0 Å². The Kier molecular flexibility index (Phi) is 1.88. The maximum absolute atomic E-state index is 11.1. The zero-order valence-corrected chi connectivity index (χ0v) is 7.46. The zero-order valence-electron chi connectivity index (χ0n) is 7.46. The van der Waals surface area contributed by atoms with E-state index in [9.17, 15) is 9.59 Å². The molecule has 0 aromatic rings. The van der Waals surface area contributed by atoms with E-state index in [1.165, 1.54) is 12.2 Å². The quantitative estimate of drug-likeness (QED) is 0.429. The van der Waals surface area contributed by atoms with Gasteiger partial charge in [-0.25, -0.2) is 0 Å². The molecule has 1 unspecified atom stereocenters. The second-order valence-electron chi connectivity index (χ2n) is 3.42. The van der Waals surface area contributed by atoms with Crippen molar-refractivity contribution in [3.8, 4) is 0 Å². The smallest absolute Gasteiger partial charge is 0.226 e. The van der Waals surface area contributed by atoms with Crippen molar-refractivity contribution in [2.24, 2.45) is 0 Å². The van der Waals surface area contributed by atoms with E-state index >= 15 is 0 Å². The maximum Gasteiger partial charge on any atom is 0.226 e. The number of piperidine rings is 1. The first-order valence-electron chi connectivity index (χ1n) is 4.42.